The van der Waals surface area contributed by atoms with Crippen LogP contribution in [0.15, 0.2) is 22.9 Å². The Kier molecular flexibility index (Phi) is 3.46. The molecule has 0 aromatic carbocycles. The van der Waals surface area contributed by atoms with Gasteiger partial charge >= 0.3 is 0 Å². The van der Waals surface area contributed by atoms with Gasteiger partial charge in [-0.05, 0) is 48.3 Å². The number of aromatic nitrogens is 2. The first-order valence-corrected chi connectivity index (χ1v) is 7.66. The quantitative estimate of drug-likeness (QED) is 0.918. The van der Waals surface area contributed by atoms with E-state index in [0.29, 0.717) is 6.04 Å². The topological polar surface area (TPSA) is 37.8 Å². The van der Waals surface area contributed by atoms with Gasteiger partial charge in [0.05, 0.1) is 11.7 Å². The number of hydrogen-bond acceptors (Lipinski definition) is 4. The zero-order chi connectivity index (χ0) is 12.5. The second kappa shape index (κ2) is 5.07. The van der Waals surface area contributed by atoms with Gasteiger partial charge in [0.2, 0.25) is 0 Å². The number of nitrogens with one attached hydrogen (secondary N) is 1. The Hall–Kier alpha value is -0.780. The highest BCUT2D eigenvalue weighted by atomic mass is 79.9. The molecule has 0 bridgehead atoms. The summed E-state index contributed by atoms with van der Waals surface area (Å²) >= 11 is 5.26. The number of hydrogen-bond donors (Lipinski definition) is 1. The van der Waals surface area contributed by atoms with Crippen molar-refractivity contribution in [2.45, 2.75) is 25.3 Å². The van der Waals surface area contributed by atoms with Gasteiger partial charge in [0.15, 0.2) is 0 Å². The predicted molar refractivity (Wildman–Crippen MR) is 77.8 cm³/mol. The van der Waals surface area contributed by atoms with Crippen molar-refractivity contribution in [2.24, 2.45) is 0 Å². The summed E-state index contributed by atoms with van der Waals surface area (Å²) in [5.74, 6) is 0. The van der Waals surface area contributed by atoms with Crippen LogP contribution in [0.5, 0.6) is 0 Å². The lowest BCUT2D eigenvalue weighted by atomic mass is 9.98. The van der Waals surface area contributed by atoms with Gasteiger partial charge in [-0.1, -0.05) is 0 Å². The van der Waals surface area contributed by atoms with Crippen LogP contribution in [-0.4, -0.2) is 17.0 Å². The summed E-state index contributed by atoms with van der Waals surface area (Å²) in [5, 5.41) is 4.44. The average molecular weight is 324 g/mol. The predicted octanol–water partition coefficient (Wildman–Crippen LogP) is 3.56. The van der Waals surface area contributed by atoms with Gasteiger partial charge in [0, 0.05) is 27.3 Å². The van der Waals surface area contributed by atoms with E-state index in [1.807, 2.05) is 13.2 Å². The number of nitrogens with zero attached hydrogens (tertiary/aromatic N) is 2. The van der Waals surface area contributed by atoms with E-state index in [1.54, 1.807) is 17.5 Å². The summed E-state index contributed by atoms with van der Waals surface area (Å²) in [6, 6.07) is 2.49. The van der Waals surface area contributed by atoms with Gasteiger partial charge in [0.25, 0.3) is 0 Å². The van der Waals surface area contributed by atoms with Crippen LogP contribution < -0.4 is 5.32 Å². The Bertz CT molecular complexity index is 567. The molecule has 0 saturated heterocycles. The molecule has 3 rings (SSSR count). The van der Waals surface area contributed by atoms with Crippen LogP contribution in [0.1, 0.15) is 29.5 Å². The van der Waals surface area contributed by atoms with E-state index in [9.17, 15) is 0 Å². The van der Waals surface area contributed by atoms with Gasteiger partial charge < -0.3 is 5.32 Å². The highest BCUT2D eigenvalue weighted by Gasteiger charge is 2.23. The first-order valence-electron chi connectivity index (χ1n) is 6.05. The molecule has 1 atom stereocenters. The molecule has 0 aliphatic heterocycles. The van der Waals surface area contributed by atoms with E-state index in [4.69, 9.17) is 4.98 Å². The van der Waals surface area contributed by atoms with Crippen LogP contribution in [0.4, 0.5) is 0 Å². The molecule has 5 heteroatoms. The summed E-state index contributed by atoms with van der Waals surface area (Å²) < 4.78 is 0.998. The van der Waals surface area contributed by atoms with Crippen LogP contribution in [0.3, 0.4) is 0 Å². The highest BCUT2D eigenvalue weighted by molar-refractivity contribution is 9.10. The summed E-state index contributed by atoms with van der Waals surface area (Å²) in [7, 11) is 2.01. The lowest BCUT2D eigenvalue weighted by Crippen LogP contribution is -2.21. The fraction of sp³-hybridized carbons (Fsp3) is 0.385. The minimum atomic E-state index is 0.416. The van der Waals surface area contributed by atoms with Crippen molar-refractivity contribution < 1.29 is 0 Å². The Labute approximate surface area is 119 Å². The van der Waals surface area contributed by atoms with E-state index in [-0.39, 0.29) is 0 Å². The van der Waals surface area contributed by atoms with E-state index in [2.05, 4.69) is 32.3 Å². The number of halogens is 1. The number of fused-ring (bicyclic) bond motifs is 1. The van der Waals surface area contributed by atoms with Gasteiger partial charge in [-0.15, -0.1) is 11.3 Å². The molecule has 94 valence electrons. The molecule has 0 saturated carbocycles. The minimum absolute atomic E-state index is 0.416. The fourth-order valence-corrected chi connectivity index (χ4v) is 3.86. The maximum Gasteiger partial charge on any atom is 0.125 e. The highest BCUT2D eigenvalue weighted by Crippen LogP contribution is 2.37. The van der Waals surface area contributed by atoms with Crippen LogP contribution >= 0.6 is 27.3 Å². The minimum Gasteiger partial charge on any atom is -0.312 e. The van der Waals surface area contributed by atoms with Gasteiger partial charge in [0.1, 0.15) is 5.01 Å². The number of thiazole rings is 1. The molecule has 1 aliphatic carbocycles. The van der Waals surface area contributed by atoms with E-state index >= 15 is 0 Å². The second-order valence-electron chi connectivity index (χ2n) is 4.45. The zero-order valence-corrected chi connectivity index (χ0v) is 12.5. The van der Waals surface area contributed by atoms with Crippen molar-refractivity contribution in [1.29, 1.82) is 0 Å². The summed E-state index contributed by atoms with van der Waals surface area (Å²) in [5.41, 5.74) is 2.34. The number of aryl methyl sites for hydroxylation is 1. The summed E-state index contributed by atoms with van der Waals surface area (Å²) in [6.07, 6.45) is 7.27. The molecule has 2 aromatic heterocycles. The maximum absolute atomic E-state index is 4.81. The Balaban J connectivity index is 2.02. The van der Waals surface area contributed by atoms with Crippen molar-refractivity contribution in [2.75, 3.05) is 7.05 Å². The normalized spacial score (nSPS) is 18.7. The summed E-state index contributed by atoms with van der Waals surface area (Å²) in [6.45, 7) is 0. The van der Waals surface area contributed by atoms with Gasteiger partial charge in [-0.2, -0.15) is 0 Å². The molecular formula is C13H14BrN3S. The molecule has 0 spiro atoms. The van der Waals surface area contributed by atoms with Crippen LogP contribution in [0.25, 0.3) is 10.6 Å². The molecule has 0 amide bonds. The Morgan fingerprint density at radius 2 is 2.33 bits per heavy atom. The van der Waals surface area contributed by atoms with Crippen molar-refractivity contribution in [3.05, 3.63) is 33.5 Å². The van der Waals surface area contributed by atoms with E-state index < -0.39 is 0 Å². The molecule has 18 heavy (non-hydrogen) atoms. The second-order valence-corrected chi connectivity index (χ2v) is 6.45. The molecule has 1 N–H and O–H groups in total. The molecule has 3 nitrogen and oxygen atoms in total. The third-order valence-electron chi connectivity index (χ3n) is 3.25. The molecule has 1 aliphatic rings. The largest absolute Gasteiger partial charge is 0.312 e. The third kappa shape index (κ3) is 2.22. The SMILES string of the molecule is CNC1CCCc2sc(-c3cncc(Br)c3)nc21. The third-order valence-corrected chi connectivity index (χ3v) is 4.87. The van der Waals surface area contributed by atoms with E-state index in [1.165, 1.54) is 23.4 Å². The van der Waals surface area contributed by atoms with E-state index in [0.717, 1.165) is 21.5 Å². The lowest BCUT2D eigenvalue weighted by Gasteiger charge is -2.19. The van der Waals surface area contributed by atoms with Gasteiger partial charge in [-0.25, -0.2) is 4.98 Å². The summed E-state index contributed by atoms with van der Waals surface area (Å²) in [4.78, 5) is 10.4. The van der Waals surface area contributed by atoms with Crippen LogP contribution in [0.2, 0.25) is 0 Å². The smallest absolute Gasteiger partial charge is 0.125 e. The molecule has 2 aromatic rings. The molecule has 1 unspecified atom stereocenters. The average Bonchev–Trinajstić information content (AvgIpc) is 2.82. The fourth-order valence-electron chi connectivity index (χ4n) is 2.35. The molecule has 0 fully saturated rings. The lowest BCUT2D eigenvalue weighted by molar-refractivity contribution is 0.490. The van der Waals surface area contributed by atoms with Crippen LogP contribution in [0, 0.1) is 0 Å². The van der Waals surface area contributed by atoms with Crippen molar-refractivity contribution in [1.82, 2.24) is 15.3 Å². The van der Waals surface area contributed by atoms with Crippen LogP contribution in [-0.2, 0) is 6.42 Å². The Morgan fingerprint density at radius 1 is 1.44 bits per heavy atom. The monoisotopic (exact) mass is 323 g/mol. The first kappa shape index (κ1) is 12.3. The zero-order valence-electron chi connectivity index (χ0n) is 10.1. The molecule has 2 heterocycles. The Morgan fingerprint density at radius 3 is 3.11 bits per heavy atom. The number of pyridine rings is 1. The van der Waals surface area contributed by atoms with Crippen molar-refractivity contribution in [3.63, 3.8) is 0 Å². The first-order chi connectivity index (χ1) is 8.78. The van der Waals surface area contributed by atoms with Crippen molar-refractivity contribution in [3.8, 4) is 10.6 Å². The maximum atomic E-state index is 4.81. The van der Waals surface area contributed by atoms with Crippen molar-refractivity contribution >= 4 is 27.3 Å². The van der Waals surface area contributed by atoms with Gasteiger partial charge in [-0.3, -0.25) is 4.98 Å². The molecule has 0 radical (unpaired) electrons. The standard InChI is InChI=1S/C13H14BrN3S/c1-15-10-3-2-4-11-12(10)17-13(18-11)8-5-9(14)7-16-6-8/h5-7,10,15H,2-4H2,1H3. The molecular weight excluding hydrogens is 310 g/mol. The number of rotatable bonds is 2.